The zero-order valence-electron chi connectivity index (χ0n) is 15.2. The SMILES string of the molecule is N#Cc1ccc(C(=O)N2CCC(Oc3cccnc3N3CCCC3)C2)cc1. The van der Waals surface area contributed by atoms with Crippen molar-refractivity contribution in [1.29, 1.82) is 5.26 Å². The summed E-state index contributed by atoms with van der Waals surface area (Å²) in [6, 6.07) is 12.7. The molecule has 1 atom stereocenters. The molecule has 4 rings (SSSR count). The maximum atomic E-state index is 12.7. The topological polar surface area (TPSA) is 69.5 Å². The fourth-order valence-electron chi connectivity index (χ4n) is 3.70. The summed E-state index contributed by atoms with van der Waals surface area (Å²) in [7, 11) is 0. The molecule has 1 unspecified atom stereocenters. The number of anilines is 1. The molecular formula is C21H22N4O2. The second-order valence-corrected chi connectivity index (χ2v) is 6.99. The third kappa shape index (κ3) is 3.72. The number of benzene rings is 1. The van der Waals surface area contributed by atoms with Crippen LogP contribution >= 0.6 is 0 Å². The first kappa shape index (κ1) is 17.3. The zero-order valence-corrected chi connectivity index (χ0v) is 15.2. The Morgan fingerprint density at radius 1 is 1.15 bits per heavy atom. The van der Waals surface area contributed by atoms with E-state index in [4.69, 9.17) is 10.00 Å². The van der Waals surface area contributed by atoms with Crippen molar-refractivity contribution >= 4 is 11.7 Å². The van der Waals surface area contributed by atoms with Crippen LogP contribution in [-0.2, 0) is 0 Å². The van der Waals surface area contributed by atoms with E-state index in [2.05, 4.69) is 16.0 Å². The van der Waals surface area contributed by atoms with E-state index in [1.807, 2.05) is 17.0 Å². The number of hydrogen-bond acceptors (Lipinski definition) is 5. The Morgan fingerprint density at radius 2 is 1.93 bits per heavy atom. The van der Waals surface area contributed by atoms with Crippen LogP contribution in [0.4, 0.5) is 5.82 Å². The van der Waals surface area contributed by atoms with Crippen LogP contribution in [0.2, 0.25) is 0 Å². The van der Waals surface area contributed by atoms with E-state index in [0.29, 0.717) is 24.2 Å². The third-order valence-electron chi connectivity index (χ3n) is 5.14. The quantitative estimate of drug-likeness (QED) is 0.836. The van der Waals surface area contributed by atoms with Crippen molar-refractivity contribution in [3.8, 4) is 11.8 Å². The summed E-state index contributed by atoms with van der Waals surface area (Å²) in [6.45, 7) is 3.26. The molecule has 1 amide bonds. The van der Waals surface area contributed by atoms with Gasteiger partial charge in [-0.15, -0.1) is 0 Å². The van der Waals surface area contributed by atoms with Crippen LogP contribution in [0.15, 0.2) is 42.6 Å². The van der Waals surface area contributed by atoms with Gasteiger partial charge in [0.15, 0.2) is 11.6 Å². The minimum atomic E-state index is -0.0297. The lowest BCUT2D eigenvalue weighted by Crippen LogP contribution is -2.31. The number of hydrogen-bond donors (Lipinski definition) is 0. The van der Waals surface area contributed by atoms with Gasteiger partial charge in [-0.2, -0.15) is 5.26 Å². The molecular weight excluding hydrogens is 340 g/mol. The molecule has 0 aliphatic carbocycles. The average molecular weight is 362 g/mol. The zero-order chi connectivity index (χ0) is 18.6. The molecule has 2 aromatic rings. The number of ether oxygens (including phenoxy) is 1. The molecule has 2 fully saturated rings. The monoisotopic (exact) mass is 362 g/mol. The van der Waals surface area contributed by atoms with Gasteiger partial charge in [-0.3, -0.25) is 4.79 Å². The van der Waals surface area contributed by atoms with Gasteiger partial charge >= 0.3 is 0 Å². The van der Waals surface area contributed by atoms with Crippen LogP contribution in [0.25, 0.3) is 0 Å². The maximum absolute atomic E-state index is 12.7. The van der Waals surface area contributed by atoms with Crippen LogP contribution in [0.3, 0.4) is 0 Å². The Balaban J connectivity index is 1.41. The summed E-state index contributed by atoms with van der Waals surface area (Å²) in [5.74, 6) is 1.69. The van der Waals surface area contributed by atoms with Gasteiger partial charge in [0.05, 0.1) is 18.2 Å². The molecule has 6 heteroatoms. The lowest BCUT2D eigenvalue weighted by molar-refractivity contribution is 0.0772. The first-order valence-electron chi connectivity index (χ1n) is 9.40. The summed E-state index contributed by atoms with van der Waals surface area (Å²) in [5, 5.41) is 8.88. The molecule has 3 heterocycles. The van der Waals surface area contributed by atoms with Gasteiger partial charge in [-0.1, -0.05) is 0 Å². The first-order valence-corrected chi connectivity index (χ1v) is 9.40. The third-order valence-corrected chi connectivity index (χ3v) is 5.14. The highest BCUT2D eigenvalue weighted by Crippen LogP contribution is 2.30. The first-order chi connectivity index (χ1) is 13.2. The number of nitrogens with zero attached hydrogens (tertiary/aromatic N) is 4. The number of carbonyl (C=O) groups is 1. The molecule has 1 aromatic heterocycles. The average Bonchev–Trinajstić information content (AvgIpc) is 3.40. The van der Waals surface area contributed by atoms with E-state index in [9.17, 15) is 4.79 Å². The summed E-state index contributed by atoms with van der Waals surface area (Å²) in [6.07, 6.45) is 4.95. The Bertz CT molecular complexity index is 853. The van der Waals surface area contributed by atoms with Crippen molar-refractivity contribution in [2.24, 2.45) is 0 Å². The maximum Gasteiger partial charge on any atom is 0.253 e. The largest absolute Gasteiger partial charge is 0.485 e. The predicted molar refractivity (Wildman–Crippen MR) is 102 cm³/mol. The Kier molecular flexibility index (Phi) is 4.93. The highest BCUT2D eigenvalue weighted by molar-refractivity contribution is 5.94. The number of aromatic nitrogens is 1. The number of likely N-dealkylation sites (tertiary alicyclic amines) is 1. The van der Waals surface area contributed by atoms with Crippen molar-refractivity contribution in [3.63, 3.8) is 0 Å². The molecule has 1 aromatic carbocycles. The van der Waals surface area contributed by atoms with Gasteiger partial charge < -0.3 is 14.5 Å². The Labute approximate surface area is 159 Å². The van der Waals surface area contributed by atoms with E-state index >= 15 is 0 Å². The fourth-order valence-corrected chi connectivity index (χ4v) is 3.70. The number of amides is 1. The fraction of sp³-hybridized carbons (Fsp3) is 0.381. The molecule has 0 saturated carbocycles. The standard InChI is InChI=1S/C21H22N4O2/c22-14-16-5-7-17(8-6-16)21(26)25-13-9-18(15-25)27-19-4-3-10-23-20(19)24-11-1-2-12-24/h3-8,10,18H,1-2,9,11-13,15H2. The van der Waals surface area contributed by atoms with Crippen LogP contribution in [0.5, 0.6) is 5.75 Å². The molecule has 0 N–H and O–H groups in total. The van der Waals surface area contributed by atoms with E-state index in [1.165, 1.54) is 12.8 Å². The predicted octanol–water partition coefficient (Wildman–Crippen LogP) is 2.85. The summed E-state index contributed by atoms with van der Waals surface area (Å²) in [5.41, 5.74) is 1.16. The minimum absolute atomic E-state index is 0.0171. The van der Waals surface area contributed by atoms with Crippen molar-refractivity contribution in [2.45, 2.75) is 25.4 Å². The Morgan fingerprint density at radius 3 is 2.67 bits per heavy atom. The molecule has 2 saturated heterocycles. The van der Waals surface area contributed by atoms with Crippen molar-refractivity contribution in [1.82, 2.24) is 9.88 Å². The van der Waals surface area contributed by atoms with Crippen molar-refractivity contribution < 1.29 is 9.53 Å². The van der Waals surface area contributed by atoms with E-state index in [-0.39, 0.29) is 12.0 Å². The minimum Gasteiger partial charge on any atom is -0.485 e. The number of pyridine rings is 1. The van der Waals surface area contributed by atoms with Crippen LogP contribution in [0, 0.1) is 11.3 Å². The van der Waals surface area contributed by atoms with Gasteiger partial charge in [0.2, 0.25) is 0 Å². The summed E-state index contributed by atoms with van der Waals surface area (Å²) in [4.78, 5) is 21.3. The lowest BCUT2D eigenvalue weighted by Gasteiger charge is -2.22. The van der Waals surface area contributed by atoms with E-state index < -0.39 is 0 Å². The van der Waals surface area contributed by atoms with E-state index in [1.54, 1.807) is 30.5 Å². The van der Waals surface area contributed by atoms with E-state index in [0.717, 1.165) is 31.1 Å². The van der Waals surface area contributed by atoms with Crippen molar-refractivity contribution in [3.05, 3.63) is 53.7 Å². The molecule has 0 radical (unpaired) electrons. The number of carbonyl (C=O) groups excluding carboxylic acids is 1. The molecule has 0 bridgehead atoms. The lowest BCUT2D eigenvalue weighted by atomic mass is 10.1. The molecule has 27 heavy (non-hydrogen) atoms. The molecule has 0 spiro atoms. The van der Waals surface area contributed by atoms with Crippen LogP contribution < -0.4 is 9.64 Å². The molecule has 2 aliphatic rings. The molecule has 138 valence electrons. The van der Waals surface area contributed by atoms with Gasteiger partial charge in [-0.05, 0) is 49.2 Å². The van der Waals surface area contributed by atoms with Crippen LogP contribution in [-0.4, -0.2) is 48.1 Å². The summed E-state index contributed by atoms with van der Waals surface area (Å²) >= 11 is 0. The molecule has 6 nitrogen and oxygen atoms in total. The second-order valence-electron chi connectivity index (χ2n) is 6.99. The van der Waals surface area contributed by atoms with Gasteiger partial charge in [0.25, 0.3) is 5.91 Å². The van der Waals surface area contributed by atoms with Gasteiger partial charge in [0, 0.05) is 37.8 Å². The van der Waals surface area contributed by atoms with Crippen LogP contribution in [0.1, 0.15) is 35.2 Å². The highest BCUT2D eigenvalue weighted by atomic mass is 16.5. The second kappa shape index (κ2) is 7.67. The smallest absolute Gasteiger partial charge is 0.253 e. The number of rotatable bonds is 4. The van der Waals surface area contributed by atoms with Gasteiger partial charge in [0.1, 0.15) is 6.10 Å². The van der Waals surface area contributed by atoms with Gasteiger partial charge in [-0.25, -0.2) is 4.98 Å². The Hall–Kier alpha value is -3.07. The summed E-state index contributed by atoms with van der Waals surface area (Å²) < 4.78 is 6.23. The van der Waals surface area contributed by atoms with Crippen molar-refractivity contribution in [2.75, 3.05) is 31.1 Å². The normalized spacial score (nSPS) is 19.1. The molecule has 2 aliphatic heterocycles. The highest BCUT2D eigenvalue weighted by Gasteiger charge is 2.29. The number of nitriles is 1.